The van der Waals surface area contributed by atoms with Gasteiger partial charge in [-0.15, -0.1) is 0 Å². The minimum Gasteiger partial charge on any atom is -0.497 e. The van der Waals surface area contributed by atoms with E-state index in [-0.39, 0.29) is 36.6 Å². The van der Waals surface area contributed by atoms with Crippen molar-refractivity contribution in [3.63, 3.8) is 0 Å². The monoisotopic (exact) mass is 484 g/mol. The number of nitrogens with one attached hydrogen (secondary N) is 1. The zero-order chi connectivity index (χ0) is 25.7. The van der Waals surface area contributed by atoms with Crippen LogP contribution in [0.15, 0.2) is 42.5 Å². The molecular formula is C26H36N4O5. The molecule has 1 aliphatic heterocycles. The van der Waals surface area contributed by atoms with E-state index in [0.717, 1.165) is 5.69 Å². The van der Waals surface area contributed by atoms with Crippen molar-refractivity contribution in [1.82, 2.24) is 9.80 Å². The fourth-order valence-corrected chi connectivity index (χ4v) is 4.04. The summed E-state index contributed by atoms with van der Waals surface area (Å²) in [5, 5.41) is 12.7. The topological polar surface area (TPSA) is 94.6 Å². The van der Waals surface area contributed by atoms with Gasteiger partial charge in [0.15, 0.2) is 5.75 Å². The number of carbonyl (C=O) groups is 2. The first-order valence-corrected chi connectivity index (χ1v) is 11.7. The predicted octanol–water partition coefficient (Wildman–Crippen LogP) is 3.15. The molecule has 0 aromatic heterocycles. The Labute approximate surface area is 207 Å². The van der Waals surface area contributed by atoms with Crippen LogP contribution in [0.5, 0.6) is 11.5 Å². The minimum atomic E-state index is -0.386. The summed E-state index contributed by atoms with van der Waals surface area (Å²) < 4.78 is 11.7. The molecule has 2 aromatic rings. The molecule has 35 heavy (non-hydrogen) atoms. The number of fused-ring (bicyclic) bond motifs is 1. The van der Waals surface area contributed by atoms with Crippen LogP contribution in [-0.4, -0.2) is 86.9 Å². The number of hydrogen-bond acceptors (Lipinski definition) is 6. The molecule has 2 N–H and O–H groups in total. The Morgan fingerprint density at radius 2 is 1.91 bits per heavy atom. The van der Waals surface area contributed by atoms with Gasteiger partial charge in [-0.05, 0) is 43.3 Å². The molecule has 0 spiro atoms. The number of anilines is 2. The molecule has 1 heterocycles. The normalized spacial score (nSPS) is 18.5. The predicted molar refractivity (Wildman–Crippen MR) is 137 cm³/mol. The number of likely N-dealkylation sites (N-methyl/N-ethyl adjacent to an activating group) is 1. The molecular weight excluding hydrogens is 448 g/mol. The molecule has 190 valence electrons. The van der Waals surface area contributed by atoms with Crippen LogP contribution in [-0.2, 0) is 0 Å². The maximum absolute atomic E-state index is 13.4. The Hall–Kier alpha value is -3.46. The fourth-order valence-electron chi connectivity index (χ4n) is 4.04. The largest absolute Gasteiger partial charge is 0.497 e. The summed E-state index contributed by atoms with van der Waals surface area (Å²) >= 11 is 0. The third-order valence-electron chi connectivity index (χ3n) is 6.29. The van der Waals surface area contributed by atoms with Gasteiger partial charge >= 0.3 is 6.03 Å². The smallest absolute Gasteiger partial charge is 0.321 e. The van der Waals surface area contributed by atoms with E-state index < -0.39 is 0 Å². The van der Waals surface area contributed by atoms with E-state index in [2.05, 4.69) is 5.32 Å². The zero-order valence-electron chi connectivity index (χ0n) is 21.3. The van der Waals surface area contributed by atoms with Gasteiger partial charge < -0.3 is 34.6 Å². The van der Waals surface area contributed by atoms with E-state index in [4.69, 9.17) is 9.47 Å². The highest BCUT2D eigenvalue weighted by Gasteiger charge is 2.35. The highest BCUT2D eigenvalue weighted by Crippen LogP contribution is 2.36. The number of hydrogen-bond donors (Lipinski definition) is 2. The van der Waals surface area contributed by atoms with Crippen molar-refractivity contribution in [1.29, 1.82) is 0 Å². The Morgan fingerprint density at radius 1 is 1.23 bits per heavy atom. The van der Waals surface area contributed by atoms with Crippen LogP contribution in [0.25, 0.3) is 0 Å². The van der Waals surface area contributed by atoms with E-state index in [1.807, 2.05) is 45.0 Å². The molecule has 0 fully saturated rings. The molecule has 0 saturated carbocycles. The van der Waals surface area contributed by atoms with Crippen molar-refractivity contribution in [3.05, 3.63) is 48.0 Å². The second-order valence-electron chi connectivity index (χ2n) is 9.21. The van der Waals surface area contributed by atoms with Crippen LogP contribution in [0, 0.1) is 5.92 Å². The van der Waals surface area contributed by atoms with Gasteiger partial charge in [-0.25, -0.2) is 4.79 Å². The number of para-hydroxylation sites is 1. The molecule has 9 nitrogen and oxygen atoms in total. The molecule has 3 amide bonds. The molecule has 3 atom stereocenters. The maximum atomic E-state index is 13.4. The SMILES string of the molecule is COc1ccc(NC(=O)N(C)C[C@@H]2Oc3c(cccc3N(C)C)C(=O)N([C@H](C)CO)C[C@@H]2C)cc1. The molecule has 1 aliphatic rings. The lowest BCUT2D eigenvalue weighted by molar-refractivity contribution is 0.0372. The summed E-state index contributed by atoms with van der Waals surface area (Å²) in [7, 11) is 7.09. The van der Waals surface area contributed by atoms with Crippen LogP contribution in [0.4, 0.5) is 16.2 Å². The Balaban J connectivity index is 1.87. The maximum Gasteiger partial charge on any atom is 0.321 e. The lowest BCUT2D eigenvalue weighted by Gasteiger charge is -2.39. The first kappa shape index (κ1) is 26.2. The second kappa shape index (κ2) is 11.3. The Morgan fingerprint density at radius 3 is 2.51 bits per heavy atom. The number of urea groups is 1. The number of nitrogens with zero attached hydrogens (tertiary/aromatic N) is 3. The summed E-state index contributed by atoms with van der Waals surface area (Å²) in [6.45, 7) is 4.38. The van der Waals surface area contributed by atoms with Gasteiger partial charge in [-0.3, -0.25) is 4.79 Å². The highest BCUT2D eigenvalue weighted by molar-refractivity contribution is 5.99. The van der Waals surface area contributed by atoms with Crippen molar-refractivity contribution in [3.8, 4) is 11.5 Å². The summed E-state index contributed by atoms with van der Waals surface area (Å²) in [6.07, 6.45) is -0.386. The van der Waals surface area contributed by atoms with Crippen molar-refractivity contribution >= 4 is 23.3 Å². The number of carbonyl (C=O) groups excluding carboxylic acids is 2. The number of amides is 3. The first-order valence-electron chi connectivity index (χ1n) is 11.7. The second-order valence-corrected chi connectivity index (χ2v) is 9.21. The van der Waals surface area contributed by atoms with Gasteiger partial charge in [-0.1, -0.05) is 13.0 Å². The standard InChI is InChI=1S/C26H36N4O5/c1-17-14-30(18(2)16-31)25(32)21-8-7-9-22(28(3)4)24(21)35-23(17)15-29(5)26(33)27-19-10-12-20(34-6)13-11-19/h7-13,17-18,23,31H,14-16H2,1-6H3,(H,27,33)/t17-,18+,23-/m0/s1. The minimum absolute atomic E-state index is 0.104. The molecule has 0 unspecified atom stereocenters. The number of aliphatic hydroxyl groups excluding tert-OH is 1. The van der Waals surface area contributed by atoms with Gasteiger partial charge in [0.05, 0.1) is 37.6 Å². The van der Waals surface area contributed by atoms with E-state index in [9.17, 15) is 14.7 Å². The molecule has 0 bridgehead atoms. The van der Waals surface area contributed by atoms with Crippen molar-refractivity contribution < 1.29 is 24.2 Å². The third-order valence-corrected chi connectivity index (χ3v) is 6.29. The first-order chi connectivity index (χ1) is 16.7. The van der Waals surface area contributed by atoms with E-state index in [1.165, 1.54) is 0 Å². The van der Waals surface area contributed by atoms with Crippen LogP contribution < -0.4 is 19.7 Å². The lowest BCUT2D eigenvalue weighted by Crippen LogP contribution is -2.50. The number of aliphatic hydroxyl groups is 1. The van der Waals surface area contributed by atoms with Gasteiger partial charge in [0.25, 0.3) is 5.91 Å². The van der Waals surface area contributed by atoms with Crippen LogP contribution in [0.3, 0.4) is 0 Å². The van der Waals surface area contributed by atoms with Crippen molar-refractivity contribution in [2.24, 2.45) is 5.92 Å². The summed E-state index contributed by atoms with van der Waals surface area (Å²) in [6, 6.07) is 12.0. The zero-order valence-corrected chi connectivity index (χ0v) is 21.3. The number of benzene rings is 2. The van der Waals surface area contributed by atoms with Gasteiger partial charge in [0, 0.05) is 39.3 Å². The van der Waals surface area contributed by atoms with Crippen LogP contribution in [0.2, 0.25) is 0 Å². The summed E-state index contributed by atoms with van der Waals surface area (Å²) in [5.41, 5.74) is 1.87. The average molecular weight is 485 g/mol. The third kappa shape index (κ3) is 5.97. The summed E-state index contributed by atoms with van der Waals surface area (Å²) in [4.78, 5) is 31.5. The number of ether oxygens (including phenoxy) is 2. The van der Waals surface area contributed by atoms with E-state index in [0.29, 0.717) is 35.8 Å². The number of rotatable bonds is 7. The van der Waals surface area contributed by atoms with Crippen LogP contribution in [0.1, 0.15) is 24.2 Å². The fraction of sp³-hybridized carbons (Fsp3) is 0.462. The van der Waals surface area contributed by atoms with Crippen molar-refractivity contribution in [2.75, 3.05) is 58.2 Å². The molecule has 2 aromatic carbocycles. The molecule has 9 heteroatoms. The summed E-state index contributed by atoms with van der Waals surface area (Å²) in [5.74, 6) is 0.909. The van der Waals surface area contributed by atoms with Gasteiger partial charge in [-0.2, -0.15) is 0 Å². The van der Waals surface area contributed by atoms with Gasteiger partial charge in [0.2, 0.25) is 0 Å². The average Bonchev–Trinajstić information content (AvgIpc) is 2.85. The van der Waals surface area contributed by atoms with Crippen LogP contribution >= 0.6 is 0 Å². The van der Waals surface area contributed by atoms with Gasteiger partial charge in [0.1, 0.15) is 11.9 Å². The highest BCUT2D eigenvalue weighted by atomic mass is 16.5. The molecule has 0 radical (unpaired) electrons. The molecule has 0 saturated heterocycles. The quantitative estimate of drug-likeness (QED) is 0.627. The lowest BCUT2D eigenvalue weighted by atomic mass is 9.99. The molecule has 3 rings (SSSR count). The molecule has 0 aliphatic carbocycles. The Bertz CT molecular complexity index is 1030. The van der Waals surface area contributed by atoms with E-state index in [1.54, 1.807) is 54.3 Å². The van der Waals surface area contributed by atoms with Crippen molar-refractivity contribution in [2.45, 2.75) is 26.0 Å². The number of methoxy groups -OCH3 is 1. The Kier molecular flexibility index (Phi) is 8.45. The van der Waals surface area contributed by atoms with E-state index >= 15 is 0 Å².